The van der Waals surface area contributed by atoms with E-state index in [1.807, 2.05) is 84.9 Å². The summed E-state index contributed by atoms with van der Waals surface area (Å²) in [5.74, 6) is 0. The number of aromatic nitrogens is 2. The van der Waals surface area contributed by atoms with Crippen molar-refractivity contribution in [3.05, 3.63) is 130 Å². The molecule has 4 heteroatoms. The summed E-state index contributed by atoms with van der Waals surface area (Å²) in [6.45, 7) is 0. The van der Waals surface area contributed by atoms with E-state index in [0.717, 1.165) is 61.9 Å². The second-order valence-electron chi connectivity index (χ2n) is 8.59. The van der Waals surface area contributed by atoms with Gasteiger partial charge in [0.15, 0.2) is 0 Å². The average Bonchev–Trinajstić information content (AvgIpc) is 2.90. The number of pyridine rings is 2. The molecule has 0 N–H and O–H groups in total. The van der Waals surface area contributed by atoms with Crippen LogP contribution in [0.5, 0.6) is 0 Å². The summed E-state index contributed by atoms with van der Waals surface area (Å²) in [6.07, 6.45) is 0.763. The van der Waals surface area contributed by atoms with E-state index >= 15 is 0 Å². The van der Waals surface area contributed by atoms with E-state index in [4.69, 9.17) is 33.2 Å². The molecule has 0 aliphatic carbocycles. The molecule has 0 bridgehead atoms. The van der Waals surface area contributed by atoms with Crippen LogP contribution < -0.4 is 0 Å². The van der Waals surface area contributed by atoms with Gasteiger partial charge in [0.25, 0.3) is 0 Å². The largest absolute Gasteiger partial charge is 0.248 e. The number of halogens is 2. The molecule has 6 rings (SSSR count). The molecular weight excluding hydrogens is 471 g/mol. The molecule has 0 aliphatic rings. The molecule has 0 fully saturated rings. The first-order chi connectivity index (χ1) is 17.1. The molecule has 0 spiro atoms. The highest BCUT2D eigenvalue weighted by atomic mass is 35.5. The van der Waals surface area contributed by atoms with E-state index < -0.39 is 0 Å². The Labute approximate surface area is 213 Å². The summed E-state index contributed by atoms with van der Waals surface area (Å²) in [6, 6.07) is 36.6. The van der Waals surface area contributed by atoms with Crippen LogP contribution in [0.3, 0.4) is 0 Å². The number of benzene rings is 4. The van der Waals surface area contributed by atoms with Crippen molar-refractivity contribution < 1.29 is 0 Å². The fraction of sp³-hybridized carbons (Fsp3) is 0.0323. The lowest BCUT2D eigenvalue weighted by Gasteiger charge is -2.10. The molecule has 2 nitrogen and oxygen atoms in total. The first-order valence-corrected chi connectivity index (χ1v) is 12.2. The van der Waals surface area contributed by atoms with Crippen molar-refractivity contribution in [2.75, 3.05) is 0 Å². The number of rotatable bonds is 4. The lowest BCUT2D eigenvalue weighted by Crippen LogP contribution is -1.93. The van der Waals surface area contributed by atoms with Crippen molar-refractivity contribution in [1.29, 1.82) is 0 Å². The molecule has 0 saturated carbocycles. The predicted octanol–water partition coefficient (Wildman–Crippen LogP) is 9.01. The van der Waals surface area contributed by atoms with Crippen molar-refractivity contribution in [2.45, 2.75) is 6.42 Å². The third kappa shape index (κ3) is 4.39. The Hall–Kier alpha value is -3.72. The lowest BCUT2D eigenvalue weighted by atomic mass is 10.0. The maximum atomic E-state index is 6.69. The van der Waals surface area contributed by atoms with Gasteiger partial charge in [-0.05, 0) is 53.9 Å². The molecule has 0 atom stereocenters. The number of fused-ring (bicyclic) bond motifs is 2. The Morgan fingerprint density at radius 1 is 0.486 bits per heavy atom. The zero-order valence-electron chi connectivity index (χ0n) is 18.7. The Morgan fingerprint density at radius 3 is 1.34 bits per heavy atom. The third-order valence-corrected chi connectivity index (χ3v) is 6.82. The van der Waals surface area contributed by atoms with Gasteiger partial charge in [-0.2, -0.15) is 0 Å². The van der Waals surface area contributed by atoms with Crippen molar-refractivity contribution in [2.24, 2.45) is 0 Å². The fourth-order valence-electron chi connectivity index (χ4n) is 4.43. The van der Waals surface area contributed by atoms with Gasteiger partial charge in [0, 0.05) is 21.9 Å². The van der Waals surface area contributed by atoms with E-state index in [2.05, 4.69) is 24.3 Å². The minimum atomic E-state index is 0.704. The minimum absolute atomic E-state index is 0.704. The van der Waals surface area contributed by atoms with Gasteiger partial charge in [0.05, 0.1) is 32.5 Å². The number of hydrogen-bond donors (Lipinski definition) is 0. The Bertz CT molecular complexity index is 1550. The molecule has 6 aromatic rings. The quantitative estimate of drug-likeness (QED) is 0.246. The van der Waals surface area contributed by atoms with Gasteiger partial charge in [-0.25, -0.2) is 9.97 Å². The van der Waals surface area contributed by atoms with Gasteiger partial charge >= 0.3 is 0 Å². The number of nitrogens with zero attached hydrogens (tertiary/aromatic N) is 2. The molecule has 2 aromatic heterocycles. The first kappa shape index (κ1) is 21.8. The highest BCUT2D eigenvalue weighted by molar-refractivity contribution is 6.36. The molecule has 35 heavy (non-hydrogen) atoms. The molecule has 168 valence electrons. The van der Waals surface area contributed by atoms with Gasteiger partial charge in [-0.3, -0.25) is 0 Å². The summed E-state index contributed by atoms with van der Waals surface area (Å²) < 4.78 is 0. The molecule has 0 amide bonds. The van der Waals surface area contributed by atoms with Gasteiger partial charge < -0.3 is 0 Å². The van der Waals surface area contributed by atoms with Crippen LogP contribution in [0.2, 0.25) is 10.0 Å². The van der Waals surface area contributed by atoms with E-state index in [0.29, 0.717) is 10.0 Å². The van der Waals surface area contributed by atoms with Crippen LogP contribution in [0.25, 0.3) is 44.3 Å². The zero-order chi connectivity index (χ0) is 23.8. The van der Waals surface area contributed by atoms with E-state index in [9.17, 15) is 0 Å². The van der Waals surface area contributed by atoms with Crippen LogP contribution >= 0.6 is 23.2 Å². The van der Waals surface area contributed by atoms with Crippen LogP contribution in [-0.4, -0.2) is 9.97 Å². The molecule has 4 aromatic carbocycles. The second-order valence-corrected chi connectivity index (χ2v) is 9.40. The van der Waals surface area contributed by atoms with Gasteiger partial charge in [-0.1, -0.05) is 96.0 Å². The van der Waals surface area contributed by atoms with Crippen LogP contribution in [-0.2, 0) is 6.42 Å². The maximum absolute atomic E-state index is 6.69. The van der Waals surface area contributed by atoms with Crippen LogP contribution in [0, 0.1) is 0 Å². The molecule has 0 saturated heterocycles. The smallest absolute Gasteiger partial charge is 0.0724 e. The minimum Gasteiger partial charge on any atom is -0.248 e. The SMILES string of the molecule is Clc1cc(-c2ccccc2)nc2ccc(Cc3ccc4nc(-c5ccccc5)cc(Cl)c4c3)cc12. The molecule has 0 aliphatic heterocycles. The Kier molecular flexibility index (Phi) is 5.69. The summed E-state index contributed by atoms with van der Waals surface area (Å²) >= 11 is 13.4. The fourth-order valence-corrected chi connectivity index (χ4v) is 4.94. The van der Waals surface area contributed by atoms with Crippen LogP contribution in [0.1, 0.15) is 11.1 Å². The zero-order valence-corrected chi connectivity index (χ0v) is 20.3. The van der Waals surface area contributed by atoms with E-state index in [-0.39, 0.29) is 0 Å². The lowest BCUT2D eigenvalue weighted by molar-refractivity contribution is 1.20. The standard InChI is InChI=1S/C31H20Cl2N2/c32-26-18-30(22-7-3-1-4-8-22)34-28-13-11-20(16-24(26)28)15-21-12-14-29-25(17-21)27(33)19-31(35-29)23-9-5-2-6-10-23/h1-14,16-19H,15H2. The highest BCUT2D eigenvalue weighted by Crippen LogP contribution is 2.31. The summed E-state index contributed by atoms with van der Waals surface area (Å²) in [5, 5.41) is 3.32. The van der Waals surface area contributed by atoms with Crippen molar-refractivity contribution in [3.8, 4) is 22.5 Å². The van der Waals surface area contributed by atoms with Gasteiger partial charge in [0.1, 0.15) is 0 Å². The number of hydrogen-bond acceptors (Lipinski definition) is 2. The van der Waals surface area contributed by atoms with Crippen molar-refractivity contribution >= 4 is 45.0 Å². The highest BCUT2D eigenvalue weighted by Gasteiger charge is 2.10. The second kappa shape index (κ2) is 9.14. The van der Waals surface area contributed by atoms with Crippen molar-refractivity contribution in [3.63, 3.8) is 0 Å². The monoisotopic (exact) mass is 490 g/mol. The van der Waals surface area contributed by atoms with Crippen LogP contribution in [0.15, 0.2) is 109 Å². The Balaban J connectivity index is 1.32. The van der Waals surface area contributed by atoms with Crippen LogP contribution in [0.4, 0.5) is 0 Å². The van der Waals surface area contributed by atoms with Crippen molar-refractivity contribution in [1.82, 2.24) is 9.97 Å². The normalized spacial score (nSPS) is 11.3. The average molecular weight is 491 g/mol. The Morgan fingerprint density at radius 2 is 0.914 bits per heavy atom. The maximum Gasteiger partial charge on any atom is 0.0724 e. The predicted molar refractivity (Wildman–Crippen MR) is 147 cm³/mol. The molecular formula is C31H20Cl2N2. The third-order valence-electron chi connectivity index (χ3n) is 6.19. The molecule has 2 heterocycles. The van der Waals surface area contributed by atoms with Gasteiger partial charge in [0.2, 0.25) is 0 Å². The van der Waals surface area contributed by atoms with E-state index in [1.54, 1.807) is 0 Å². The topological polar surface area (TPSA) is 25.8 Å². The molecule has 0 radical (unpaired) electrons. The summed E-state index contributed by atoms with van der Waals surface area (Å²) in [7, 11) is 0. The van der Waals surface area contributed by atoms with E-state index in [1.165, 1.54) is 0 Å². The molecule has 0 unspecified atom stereocenters. The van der Waals surface area contributed by atoms with Gasteiger partial charge in [-0.15, -0.1) is 0 Å². The summed E-state index contributed by atoms with van der Waals surface area (Å²) in [4.78, 5) is 9.66. The summed E-state index contributed by atoms with van der Waals surface area (Å²) in [5.41, 5.74) is 7.97. The first-order valence-electron chi connectivity index (χ1n) is 11.4.